The van der Waals surface area contributed by atoms with Crippen molar-refractivity contribution in [1.82, 2.24) is 0 Å². The Morgan fingerprint density at radius 1 is 1.44 bits per heavy atom. The summed E-state index contributed by atoms with van der Waals surface area (Å²) in [5.41, 5.74) is 1.27. The van der Waals surface area contributed by atoms with E-state index in [1.807, 2.05) is 0 Å². The molecule has 1 aromatic heterocycles. The van der Waals surface area contributed by atoms with E-state index in [1.165, 1.54) is 6.08 Å². The van der Waals surface area contributed by atoms with Crippen LogP contribution in [0.3, 0.4) is 0 Å². The first-order valence-corrected chi connectivity index (χ1v) is 4.71. The van der Waals surface area contributed by atoms with E-state index in [2.05, 4.69) is 0 Å². The molecule has 1 aromatic carbocycles. The van der Waals surface area contributed by atoms with Crippen molar-refractivity contribution in [2.45, 2.75) is 6.92 Å². The number of aliphatic carboxylic acids is 1. The fraction of sp³-hybridized carbons (Fsp3) is 0.0833. The maximum absolute atomic E-state index is 10.4. The second-order valence-corrected chi connectivity index (χ2v) is 3.41. The van der Waals surface area contributed by atoms with E-state index in [0.717, 1.165) is 11.6 Å². The van der Waals surface area contributed by atoms with Gasteiger partial charge in [0.25, 0.3) is 0 Å². The Morgan fingerprint density at radius 3 is 2.81 bits per heavy atom. The molecular formula is C12H10O4. The Morgan fingerprint density at radius 2 is 2.19 bits per heavy atom. The molecule has 0 aliphatic carbocycles. The van der Waals surface area contributed by atoms with Crippen LogP contribution >= 0.6 is 0 Å². The van der Waals surface area contributed by atoms with E-state index < -0.39 is 5.97 Å². The van der Waals surface area contributed by atoms with Gasteiger partial charge in [0.15, 0.2) is 0 Å². The largest absolute Gasteiger partial charge is 0.507 e. The van der Waals surface area contributed by atoms with Gasteiger partial charge in [-0.3, -0.25) is 0 Å². The lowest BCUT2D eigenvalue weighted by Crippen LogP contribution is -1.85. The number of furan rings is 1. The molecule has 16 heavy (non-hydrogen) atoms. The number of fused-ring (bicyclic) bond motifs is 1. The molecule has 0 saturated heterocycles. The number of aryl methyl sites for hydroxylation is 1. The van der Waals surface area contributed by atoms with Crippen molar-refractivity contribution < 1.29 is 19.4 Å². The van der Waals surface area contributed by atoms with Crippen molar-refractivity contribution >= 4 is 23.0 Å². The van der Waals surface area contributed by atoms with E-state index in [9.17, 15) is 9.90 Å². The summed E-state index contributed by atoms with van der Waals surface area (Å²) in [6.07, 6.45) is 2.37. The van der Waals surface area contributed by atoms with E-state index >= 15 is 0 Å². The van der Waals surface area contributed by atoms with Crippen LogP contribution in [0.4, 0.5) is 0 Å². The van der Waals surface area contributed by atoms with Gasteiger partial charge in [-0.2, -0.15) is 0 Å². The molecule has 2 rings (SSSR count). The van der Waals surface area contributed by atoms with Gasteiger partial charge in [-0.1, -0.05) is 6.07 Å². The maximum atomic E-state index is 10.4. The topological polar surface area (TPSA) is 70.7 Å². The third-order valence-electron chi connectivity index (χ3n) is 2.35. The molecule has 0 unspecified atom stereocenters. The molecule has 0 bridgehead atoms. The molecule has 82 valence electrons. The molecule has 0 aliphatic rings. The Kier molecular flexibility index (Phi) is 2.40. The summed E-state index contributed by atoms with van der Waals surface area (Å²) in [5.74, 6) is -0.461. The monoisotopic (exact) mass is 218 g/mol. The van der Waals surface area contributed by atoms with E-state index in [4.69, 9.17) is 9.52 Å². The first-order chi connectivity index (χ1) is 7.59. The average molecular weight is 218 g/mol. The van der Waals surface area contributed by atoms with Crippen LogP contribution in [0.25, 0.3) is 17.0 Å². The Balaban J connectivity index is 2.61. The number of hydrogen-bond acceptors (Lipinski definition) is 3. The molecule has 0 radical (unpaired) electrons. The quantitative estimate of drug-likeness (QED) is 0.760. The fourth-order valence-corrected chi connectivity index (χ4v) is 1.61. The van der Waals surface area contributed by atoms with Gasteiger partial charge in [0.05, 0.1) is 5.39 Å². The van der Waals surface area contributed by atoms with Crippen LogP contribution in [0.2, 0.25) is 0 Å². The highest BCUT2D eigenvalue weighted by molar-refractivity contribution is 5.91. The van der Waals surface area contributed by atoms with E-state index in [1.54, 1.807) is 25.1 Å². The zero-order valence-corrected chi connectivity index (χ0v) is 8.60. The molecular weight excluding hydrogens is 208 g/mol. The molecule has 0 saturated carbocycles. The van der Waals surface area contributed by atoms with Gasteiger partial charge >= 0.3 is 5.97 Å². The van der Waals surface area contributed by atoms with Crippen LogP contribution in [0, 0.1) is 6.92 Å². The zero-order valence-electron chi connectivity index (χ0n) is 8.60. The minimum absolute atomic E-state index is 0.133. The Hall–Kier alpha value is -2.23. The third kappa shape index (κ3) is 1.65. The minimum Gasteiger partial charge on any atom is -0.507 e. The second kappa shape index (κ2) is 3.73. The third-order valence-corrected chi connectivity index (χ3v) is 2.35. The minimum atomic E-state index is -1.04. The summed E-state index contributed by atoms with van der Waals surface area (Å²) >= 11 is 0. The number of phenols is 1. The lowest BCUT2D eigenvalue weighted by molar-refractivity contribution is -0.131. The molecule has 0 atom stereocenters. The molecule has 0 aliphatic heterocycles. The highest BCUT2D eigenvalue weighted by Gasteiger charge is 2.11. The summed E-state index contributed by atoms with van der Waals surface area (Å²) in [5, 5.41) is 18.8. The van der Waals surface area contributed by atoms with Crippen molar-refractivity contribution in [3.8, 4) is 5.75 Å². The molecule has 0 fully saturated rings. The zero-order chi connectivity index (χ0) is 11.7. The van der Waals surface area contributed by atoms with E-state index in [-0.39, 0.29) is 5.75 Å². The first-order valence-electron chi connectivity index (χ1n) is 4.71. The Bertz CT molecular complexity index is 578. The fourth-order valence-electron chi connectivity index (χ4n) is 1.61. The number of benzene rings is 1. The number of carboxylic acid groups (broad SMARTS) is 1. The van der Waals surface area contributed by atoms with Crippen LogP contribution in [0.1, 0.15) is 11.3 Å². The predicted octanol–water partition coefficient (Wildman–Crippen LogP) is 2.54. The van der Waals surface area contributed by atoms with Gasteiger partial charge in [-0.05, 0) is 25.1 Å². The molecule has 4 nitrogen and oxygen atoms in total. The lowest BCUT2D eigenvalue weighted by Gasteiger charge is -1.93. The van der Waals surface area contributed by atoms with Gasteiger partial charge in [-0.15, -0.1) is 0 Å². The second-order valence-electron chi connectivity index (χ2n) is 3.41. The molecule has 2 aromatic rings. The number of phenolic OH excluding ortho intramolecular Hbond substituents is 1. The highest BCUT2D eigenvalue weighted by atomic mass is 16.4. The van der Waals surface area contributed by atoms with Crippen LogP contribution in [-0.4, -0.2) is 16.2 Å². The molecule has 1 heterocycles. The van der Waals surface area contributed by atoms with Crippen molar-refractivity contribution in [2.24, 2.45) is 0 Å². The summed E-state index contributed by atoms with van der Waals surface area (Å²) < 4.78 is 5.42. The van der Waals surface area contributed by atoms with Crippen LogP contribution < -0.4 is 0 Å². The number of hydrogen-bond donors (Lipinski definition) is 2. The summed E-state index contributed by atoms with van der Waals surface area (Å²) in [7, 11) is 0. The van der Waals surface area contributed by atoms with Crippen LogP contribution in [0.5, 0.6) is 5.75 Å². The number of carboxylic acids is 1. The molecule has 2 N–H and O–H groups in total. The average Bonchev–Trinajstić information content (AvgIpc) is 2.54. The molecule has 0 spiro atoms. The number of carbonyl (C=O) groups is 1. The lowest BCUT2D eigenvalue weighted by atomic mass is 10.1. The standard InChI is InChI=1S/C12H10O4/c1-7-9(5-6-11(14)15)16-10-4-2-3-8(13)12(7)10/h2-6,13H,1H3,(H,14,15). The van der Waals surface area contributed by atoms with Crippen molar-refractivity contribution in [3.05, 3.63) is 35.6 Å². The van der Waals surface area contributed by atoms with Gasteiger partial charge in [0.1, 0.15) is 17.1 Å². The smallest absolute Gasteiger partial charge is 0.328 e. The van der Waals surface area contributed by atoms with Crippen molar-refractivity contribution in [3.63, 3.8) is 0 Å². The van der Waals surface area contributed by atoms with Gasteiger partial charge in [0, 0.05) is 11.6 Å². The normalized spacial score (nSPS) is 11.3. The first kappa shape index (κ1) is 10.3. The van der Waals surface area contributed by atoms with Crippen LogP contribution in [-0.2, 0) is 4.79 Å². The SMILES string of the molecule is Cc1c(C=CC(=O)O)oc2cccc(O)c12. The summed E-state index contributed by atoms with van der Waals surface area (Å²) in [6, 6.07) is 4.96. The summed E-state index contributed by atoms with van der Waals surface area (Å²) in [6.45, 7) is 1.77. The van der Waals surface area contributed by atoms with Crippen molar-refractivity contribution in [2.75, 3.05) is 0 Å². The molecule has 4 heteroatoms. The van der Waals surface area contributed by atoms with E-state index in [0.29, 0.717) is 16.7 Å². The van der Waals surface area contributed by atoms with Crippen LogP contribution in [0.15, 0.2) is 28.7 Å². The predicted molar refractivity (Wildman–Crippen MR) is 59.3 cm³/mol. The van der Waals surface area contributed by atoms with Gasteiger partial charge in [0.2, 0.25) is 0 Å². The molecule has 0 amide bonds. The Labute approximate surface area is 91.4 Å². The maximum Gasteiger partial charge on any atom is 0.328 e. The highest BCUT2D eigenvalue weighted by Crippen LogP contribution is 2.32. The van der Waals surface area contributed by atoms with Crippen molar-refractivity contribution in [1.29, 1.82) is 0 Å². The number of rotatable bonds is 2. The number of aromatic hydroxyl groups is 1. The van der Waals surface area contributed by atoms with Gasteiger partial charge < -0.3 is 14.6 Å². The summed E-state index contributed by atoms with van der Waals surface area (Å²) in [4.78, 5) is 10.4. The van der Waals surface area contributed by atoms with Gasteiger partial charge in [-0.25, -0.2) is 4.79 Å².